The highest BCUT2D eigenvalue weighted by atomic mass is 32.2. The van der Waals surface area contributed by atoms with Gasteiger partial charge in [-0.25, -0.2) is 13.1 Å². The Labute approximate surface area is 122 Å². The number of nitrogens with zero attached hydrogens (tertiary/aromatic N) is 1. The predicted octanol–water partition coefficient (Wildman–Crippen LogP) is 0.457. The monoisotopic (exact) mass is 308 g/mol. The smallest absolute Gasteiger partial charge is 0.209 e. The zero-order valence-corrected chi connectivity index (χ0v) is 13.8. The van der Waals surface area contributed by atoms with Gasteiger partial charge in [-0.1, -0.05) is 19.0 Å². The van der Waals surface area contributed by atoms with E-state index in [-0.39, 0.29) is 11.3 Å². The van der Waals surface area contributed by atoms with E-state index < -0.39 is 15.6 Å². The van der Waals surface area contributed by atoms with E-state index in [0.29, 0.717) is 6.54 Å². The van der Waals surface area contributed by atoms with Gasteiger partial charge >= 0.3 is 0 Å². The molecule has 8 heteroatoms. The van der Waals surface area contributed by atoms with Gasteiger partial charge in [-0.05, 0) is 33.2 Å². The molecule has 0 bridgehead atoms. The van der Waals surface area contributed by atoms with Crippen LogP contribution in [0.1, 0.15) is 40.5 Å². The van der Waals surface area contributed by atoms with E-state index in [1.165, 1.54) is 0 Å². The maximum Gasteiger partial charge on any atom is 0.209 e. The molecule has 0 aliphatic rings. The SMILES string of the molecule is CC(C)(CNCCCC(C)(C)C(N)=NO)NS(C)(=O)=O. The molecule has 7 nitrogen and oxygen atoms in total. The van der Waals surface area contributed by atoms with Crippen molar-refractivity contribution in [3.8, 4) is 0 Å². The lowest BCUT2D eigenvalue weighted by Gasteiger charge is -2.26. The van der Waals surface area contributed by atoms with Crippen molar-refractivity contribution >= 4 is 15.9 Å². The van der Waals surface area contributed by atoms with Crippen molar-refractivity contribution in [3.05, 3.63) is 0 Å². The van der Waals surface area contributed by atoms with E-state index in [0.717, 1.165) is 25.6 Å². The molecule has 0 radical (unpaired) electrons. The molecule has 0 spiro atoms. The Morgan fingerprint density at radius 2 is 1.85 bits per heavy atom. The largest absolute Gasteiger partial charge is 0.409 e. The summed E-state index contributed by atoms with van der Waals surface area (Å²) >= 11 is 0. The van der Waals surface area contributed by atoms with Crippen molar-refractivity contribution < 1.29 is 13.6 Å². The summed E-state index contributed by atoms with van der Waals surface area (Å²) in [4.78, 5) is 0. The molecule has 0 rings (SSSR count). The minimum absolute atomic E-state index is 0.219. The maximum atomic E-state index is 11.2. The summed E-state index contributed by atoms with van der Waals surface area (Å²) in [6, 6.07) is 0. The second kappa shape index (κ2) is 7.24. The Morgan fingerprint density at radius 1 is 1.30 bits per heavy atom. The van der Waals surface area contributed by atoms with Crippen molar-refractivity contribution in [2.75, 3.05) is 19.3 Å². The lowest BCUT2D eigenvalue weighted by atomic mass is 9.86. The molecule has 20 heavy (non-hydrogen) atoms. The van der Waals surface area contributed by atoms with Gasteiger partial charge < -0.3 is 16.3 Å². The predicted molar refractivity (Wildman–Crippen MR) is 81.4 cm³/mol. The minimum Gasteiger partial charge on any atom is -0.409 e. The molecular weight excluding hydrogens is 280 g/mol. The van der Waals surface area contributed by atoms with Gasteiger partial charge in [0.1, 0.15) is 5.84 Å². The average Bonchev–Trinajstić information content (AvgIpc) is 2.23. The molecule has 0 aromatic rings. The third kappa shape index (κ3) is 8.34. The summed E-state index contributed by atoms with van der Waals surface area (Å²) in [5.41, 5.74) is 4.72. The first kappa shape index (κ1) is 19.1. The van der Waals surface area contributed by atoms with Crippen LogP contribution in [0.5, 0.6) is 0 Å². The first-order valence-corrected chi connectivity index (χ1v) is 8.46. The minimum atomic E-state index is -3.21. The van der Waals surface area contributed by atoms with Gasteiger partial charge in [-0.15, -0.1) is 0 Å². The lowest BCUT2D eigenvalue weighted by molar-refractivity contribution is 0.304. The molecule has 0 saturated carbocycles. The highest BCUT2D eigenvalue weighted by Crippen LogP contribution is 2.21. The summed E-state index contributed by atoms with van der Waals surface area (Å²) in [7, 11) is -3.21. The summed E-state index contributed by atoms with van der Waals surface area (Å²) in [6.07, 6.45) is 2.77. The molecule has 0 aliphatic carbocycles. The Hall–Kier alpha value is -0.860. The van der Waals surface area contributed by atoms with E-state index >= 15 is 0 Å². The van der Waals surface area contributed by atoms with Gasteiger partial charge in [0.2, 0.25) is 10.0 Å². The highest BCUT2D eigenvalue weighted by Gasteiger charge is 2.24. The topological polar surface area (TPSA) is 117 Å². The zero-order valence-electron chi connectivity index (χ0n) is 13.0. The zero-order chi connectivity index (χ0) is 16.0. The van der Waals surface area contributed by atoms with Crippen molar-refractivity contribution in [2.45, 2.75) is 46.1 Å². The van der Waals surface area contributed by atoms with E-state index in [2.05, 4.69) is 15.2 Å². The molecule has 5 N–H and O–H groups in total. The van der Waals surface area contributed by atoms with Gasteiger partial charge in [-0.2, -0.15) is 0 Å². The molecule has 0 aliphatic heterocycles. The van der Waals surface area contributed by atoms with E-state index in [1.807, 2.05) is 27.7 Å². The van der Waals surface area contributed by atoms with Crippen molar-refractivity contribution in [3.63, 3.8) is 0 Å². The van der Waals surface area contributed by atoms with Crippen LogP contribution in [0.3, 0.4) is 0 Å². The van der Waals surface area contributed by atoms with E-state index in [1.54, 1.807) is 0 Å². The normalized spacial score (nSPS) is 14.6. The fourth-order valence-corrected chi connectivity index (χ4v) is 2.93. The summed E-state index contributed by atoms with van der Waals surface area (Å²) in [5.74, 6) is 0.219. The van der Waals surface area contributed by atoms with Gasteiger partial charge in [-0.3, -0.25) is 0 Å². The van der Waals surface area contributed by atoms with E-state index in [4.69, 9.17) is 10.9 Å². The highest BCUT2D eigenvalue weighted by molar-refractivity contribution is 7.88. The first-order chi connectivity index (χ1) is 8.90. The van der Waals surface area contributed by atoms with Crippen LogP contribution in [0.2, 0.25) is 0 Å². The number of nitrogens with two attached hydrogens (primary N) is 1. The van der Waals surface area contributed by atoms with Crippen LogP contribution >= 0.6 is 0 Å². The number of rotatable bonds is 9. The summed E-state index contributed by atoms with van der Waals surface area (Å²) in [6.45, 7) is 8.73. The fourth-order valence-electron chi connectivity index (χ4n) is 1.86. The molecule has 0 fully saturated rings. The Kier molecular flexibility index (Phi) is 6.92. The van der Waals surface area contributed by atoms with Crippen LogP contribution in [-0.4, -0.2) is 44.3 Å². The van der Waals surface area contributed by atoms with Crippen molar-refractivity contribution in [1.82, 2.24) is 10.0 Å². The second-order valence-corrected chi connectivity index (χ2v) is 8.16. The molecule has 0 saturated heterocycles. The Bertz CT molecular complexity index is 430. The van der Waals surface area contributed by atoms with Crippen LogP contribution in [0, 0.1) is 5.41 Å². The van der Waals surface area contributed by atoms with Crippen LogP contribution in [0.4, 0.5) is 0 Å². The Morgan fingerprint density at radius 3 is 2.30 bits per heavy atom. The average molecular weight is 308 g/mol. The molecule has 0 amide bonds. The number of hydrogen-bond donors (Lipinski definition) is 4. The second-order valence-electron chi connectivity index (χ2n) is 6.41. The molecule has 0 unspecified atom stereocenters. The van der Waals surface area contributed by atoms with Gasteiger partial charge in [0.15, 0.2) is 0 Å². The van der Waals surface area contributed by atoms with Crippen LogP contribution in [0.25, 0.3) is 0 Å². The summed E-state index contributed by atoms with van der Waals surface area (Å²) < 4.78 is 24.9. The standard InChI is InChI=1S/C12H28N4O3S/c1-11(2,10(13)15-17)7-6-8-14-9-12(3,4)16-20(5,18)19/h14,16-17H,6-9H2,1-5H3,(H2,13,15). The van der Waals surface area contributed by atoms with Gasteiger partial charge in [0.25, 0.3) is 0 Å². The number of oxime groups is 1. The van der Waals surface area contributed by atoms with E-state index in [9.17, 15) is 8.42 Å². The number of hydrogen-bond acceptors (Lipinski definition) is 5. The molecular formula is C12H28N4O3S. The molecule has 0 aromatic carbocycles. The van der Waals surface area contributed by atoms with Gasteiger partial charge in [0.05, 0.1) is 6.26 Å². The van der Waals surface area contributed by atoms with Crippen LogP contribution < -0.4 is 15.8 Å². The first-order valence-electron chi connectivity index (χ1n) is 6.57. The van der Waals surface area contributed by atoms with Gasteiger partial charge in [0, 0.05) is 17.5 Å². The number of sulfonamides is 1. The summed E-state index contributed by atoms with van der Waals surface area (Å²) in [5, 5.41) is 14.9. The third-order valence-electron chi connectivity index (χ3n) is 2.99. The quantitative estimate of drug-likeness (QED) is 0.162. The molecule has 0 heterocycles. The number of nitrogens with one attached hydrogen (secondary N) is 2. The Balaban J connectivity index is 4.05. The van der Waals surface area contributed by atoms with Crippen LogP contribution in [0.15, 0.2) is 5.16 Å². The molecule has 0 aromatic heterocycles. The number of amidine groups is 1. The van der Waals surface area contributed by atoms with Crippen molar-refractivity contribution in [2.24, 2.45) is 16.3 Å². The molecule has 0 atom stereocenters. The van der Waals surface area contributed by atoms with Crippen LogP contribution in [-0.2, 0) is 10.0 Å². The maximum absolute atomic E-state index is 11.2. The molecule has 120 valence electrons. The third-order valence-corrected chi connectivity index (χ3v) is 3.91. The lowest BCUT2D eigenvalue weighted by Crippen LogP contribution is -2.50. The fraction of sp³-hybridized carbons (Fsp3) is 0.917. The van der Waals surface area contributed by atoms with Crippen molar-refractivity contribution in [1.29, 1.82) is 0 Å².